The fourth-order valence-electron chi connectivity index (χ4n) is 2.63. The molecule has 2 amide bonds. The molecule has 1 heterocycles. The summed E-state index contributed by atoms with van der Waals surface area (Å²) in [6, 6.07) is 5.74. The Morgan fingerprint density at radius 1 is 1.19 bits per heavy atom. The van der Waals surface area contributed by atoms with Gasteiger partial charge in [-0.25, -0.2) is 9.18 Å². The first-order chi connectivity index (χ1) is 12.7. The summed E-state index contributed by atoms with van der Waals surface area (Å²) in [5, 5.41) is 2.35. The van der Waals surface area contributed by atoms with Crippen LogP contribution in [0.2, 0.25) is 0 Å². The number of rotatable bonds is 4. The van der Waals surface area contributed by atoms with E-state index in [4.69, 9.17) is 9.47 Å². The van der Waals surface area contributed by atoms with Crippen molar-refractivity contribution in [1.82, 2.24) is 4.90 Å². The monoisotopic (exact) mass is 380 g/mol. The average molecular weight is 380 g/mol. The van der Waals surface area contributed by atoms with Crippen LogP contribution in [0.3, 0.4) is 0 Å². The van der Waals surface area contributed by atoms with Crippen LogP contribution in [0.15, 0.2) is 24.3 Å². The minimum atomic E-state index is -0.611. The molecule has 1 aromatic carbocycles. The molecule has 27 heavy (non-hydrogen) atoms. The van der Waals surface area contributed by atoms with Crippen molar-refractivity contribution in [2.75, 3.05) is 25.0 Å². The molecule has 0 aromatic heterocycles. The number of para-hydroxylation sites is 1. The van der Waals surface area contributed by atoms with Gasteiger partial charge < -0.3 is 19.7 Å². The number of hydrogen-bond acceptors (Lipinski definition) is 5. The number of amides is 2. The predicted molar refractivity (Wildman–Crippen MR) is 96.5 cm³/mol. The maximum Gasteiger partial charge on any atom is 0.410 e. The highest BCUT2D eigenvalue weighted by Gasteiger charge is 2.30. The smallest absolute Gasteiger partial charge is 0.410 e. The third-order valence-electron chi connectivity index (χ3n) is 3.97. The number of nitrogens with zero attached hydrogens (tertiary/aromatic N) is 1. The van der Waals surface area contributed by atoms with E-state index in [-0.39, 0.29) is 11.6 Å². The van der Waals surface area contributed by atoms with Crippen molar-refractivity contribution in [3.63, 3.8) is 0 Å². The zero-order chi connectivity index (χ0) is 20.0. The maximum atomic E-state index is 13.5. The van der Waals surface area contributed by atoms with Gasteiger partial charge in [0, 0.05) is 13.1 Å². The molecule has 1 N–H and O–H groups in total. The third-order valence-corrected chi connectivity index (χ3v) is 3.97. The van der Waals surface area contributed by atoms with Crippen LogP contribution in [0.25, 0.3) is 0 Å². The number of ether oxygens (including phenoxy) is 2. The SMILES string of the molecule is CC(C)(C)OC(=O)N1CCC(C(=O)OCC(=O)Nc2ccccc2F)CC1. The molecule has 8 heteroatoms. The van der Waals surface area contributed by atoms with Crippen molar-refractivity contribution in [2.45, 2.75) is 39.2 Å². The number of likely N-dealkylation sites (tertiary alicyclic amines) is 1. The van der Waals surface area contributed by atoms with E-state index >= 15 is 0 Å². The molecule has 148 valence electrons. The summed E-state index contributed by atoms with van der Waals surface area (Å²) in [6.07, 6.45) is 0.471. The summed E-state index contributed by atoms with van der Waals surface area (Å²) in [5.74, 6) is -2.06. The minimum absolute atomic E-state index is 0.0317. The number of carbonyl (C=O) groups is 3. The summed E-state index contributed by atoms with van der Waals surface area (Å²) in [7, 11) is 0. The number of halogens is 1. The summed E-state index contributed by atoms with van der Waals surface area (Å²) in [4.78, 5) is 37.5. The lowest BCUT2D eigenvalue weighted by molar-refractivity contribution is -0.153. The Bertz CT molecular complexity index is 694. The number of hydrogen-bond donors (Lipinski definition) is 1. The van der Waals surface area contributed by atoms with Gasteiger partial charge in [0.15, 0.2) is 6.61 Å². The first-order valence-electron chi connectivity index (χ1n) is 8.84. The average Bonchev–Trinajstić information content (AvgIpc) is 2.60. The van der Waals surface area contributed by atoms with Crippen molar-refractivity contribution in [3.05, 3.63) is 30.1 Å². The lowest BCUT2D eigenvalue weighted by atomic mass is 9.97. The van der Waals surface area contributed by atoms with Crippen molar-refractivity contribution in [1.29, 1.82) is 0 Å². The van der Waals surface area contributed by atoms with E-state index < -0.39 is 36.0 Å². The van der Waals surface area contributed by atoms with Gasteiger partial charge in [0.05, 0.1) is 11.6 Å². The van der Waals surface area contributed by atoms with Gasteiger partial charge in [-0.05, 0) is 45.7 Å². The van der Waals surface area contributed by atoms with Gasteiger partial charge in [-0.3, -0.25) is 9.59 Å². The third kappa shape index (κ3) is 6.54. The van der Waals surface area contributed by atoms with Gasteiger partial charge in [0.1, 0.15) is 11.4 Å². The van der Waals surface area contributed by atoms with Gasteiger partial charge in [-0.15, -0.1) is 0 Å². The second-order valence-corrected chi connectivity index (χ2v) is 7.38. The van der Waals surface area contributed by atoms with E-state index in [0.717, 1.165) is 0 Å². The number of nitrogens with one attached hydrogen (secondary N) is 1. The molecule has 1 aliphatic heterocycles. The van der Waals surface area contributed by atoms with Gasteiger partial charge in [0.2, 0.25) is 0 Å². The first-order valence-corrected chi connectivity index (χ1v) is 8.84. The maximum absolute atomic E-state index is 13.5. The second-order valence-electron chi connectivity index (χ2n) is 7.38. The zero-order valence-corrected chi connectivity index (χ0v) is 15.8. The molecule has 0 aliphatic carbocycles. The molecule has 0 atom stereocenters. The number of anilines is 1. The van der Waals surface area contributed by atoms with Crippen molar-refractivity contribution >= 4 is 23.7 Å². The molecule has 0 spiro atoms. The van der Waals surface area contributed by atoms with E-state index in [1.54, 1.807) is 31.7 Å². The Hall–Kier alpha value is -2.64. The number of esters is 1. The van der Waals surface area contributed by atoms with E-state index in [1.807, 2.05) is 0 Å². The van der Waals surface area contributed by atoms with E-state index in [1.165, 1.54) is 18.2 Å². The van der Waals surface area contributed by atoms with Crippen LogP contribution in [0.4, 0.5) is 14.9 Å². The van der Waals surface area contributed by atoms with E-state index in [9.17, 15) is 18.8 Å². The molecule has 0 saturated carbocycles. The lowest BCUT2D eigenvalue weighted by Crippen LogP contribution is -2.43. The highest BCUT2D eigenvalue weighted by molar-refractivity contribution is 5.93. The molecule has 0 radical (unpaired) electrons. The Labute approximate surface area is 157 Å². The normalized spacial score (nSPS) is 15.2. The number of carbonyl (C=O) groups excluding carboxylic acids is 3. The molecule has 1 aromatic rings. The Balaban J connectivity index is 1.74. The molecule has 2 rings (SSSR count). The van der Waals surface area contributed by atoms with E-state index in [2.05, 4.69) is 5.32 Å². The number of benzene rings is 1. The molecule has 1 saturated heterocycles. The van der Waals surface area contributed by atoms with Crippen molar-refractivity contribution < 1.29 is 28.2 Å². The molecule has 7 nitrogen and oxygen atoms in total. The Kier molecular flexibility index (Phi) is 6.76. The molecular weight excluding hydrogens is 355 g/mol. The van der Waals surface area contributed by atoms with Crippen LogP contribution in [-0.4, -0.2) is 48.2 Å². The summed E-state index contributed by atoms with van der Waals surface area (Å²) < 4.78 is 23.8. The Morgan fingerprint density at radius 2 is 1.81 bits per heavy atom. The van der Waals surface area contributed by atoms with Gasteiger partial charge >= 0.3 is 12.1 Å². The first kappa shape index (κ1) is 20.7. The van der Waals surface area contributed by atoms with Crippen LogP contribution in [0.5, 0.6) is 0 Å². The lowest BCUT2D eigenvalue weighted by Gasteiger charge is -2.32. The van der Waals surface area contributed by atoms with Crippen LogP contribution in [-0.2, 0) is 19.1 Å². The summed E-state index contributed by atoms with van der Waals surface area (Å²) in [6.45, 7) is 5.66. The fourth-order valence-corrected chi connectivity index (χ4v) is 2.63. The topological polar surface area (TPSA) is 84.9 Å². The standard InChI is InChI=1S/C19H25FN2O5/c1-19(2,3)27-18(25)22-10-8-13(9-11-22)17(24)26-12-16(23)21-15-7-5-4-6-14(15)20/h4-7,13H,8-12H2,1-3H3,(H,21,23). The second kappa shape index (κ2) is 8.83. The largest absolute Gasteiger partial charge is 0.455 e. The van der Waals surface area contributed by atoms with Crippen LogP contribution in [0.1, 0.15) is 33.6 Å². The quantitative estimate of drug-likeness (QED) is 0.812. The number of piperidine rings is 1. The summed E-state index contributed by atoms with van der Waals surface area (Å²) >= 11 is 0. The van der Waals surface area contributed by atoms with Gasteiger partial charge in [0.25, 0.3) is 5.91 Å². The molecule has 0 bridgehead atoms. The fraction of sp³-hybridized carbons (Fsp3) is 0.526. The molecule has 1 aliphatic rings. The van der Waals surface area contributed by atoms with Crippen LogP contribution < -0.4 is 5.32 Å². The molecular formula is C19H25FN2O5. The summed E-state index contributed by atoms with van der Waals surface area (Å²) in [5.41, 5.74) is -0.539. The minimum Gasteiger partial charge on any atom is -0.455 e. The highest BCUT2D eigenvalue weighted by Crippen LogP contribution is 2.21. The Morgan fingerprint density at radius 3 is 2.41 bits per heavy atom. The molecule has 1 fully saturated rings. The molecule has 0 unspecified atom stereocenters. The van der Waals surface area contributed by atoms with Crippen LogP contribution >= 0.6 is 0 Å². The van der Waals surface area contributed by atoms with Crippen molar-refractivity contribution in [2.24, 2.45) is 5.92 Å². The highest BCUT2D eigenvalue weighted by atomic mass is 19.1. The van der Waals surface area contributed by atoms with Crippen LogP contribution in [0, 0.1) is 11.7 Å². The van der Waals surface area contributed by atoms with E-state index in [0.29, 0.717) is 25.9 Å². The van der Waals surface area contributed by atoms with Crippen molar-refractivity contribution in [3.8, 4) is 0 Å². The predicted octanol–water partition coefficient (Wildman–Crippen LogP) is 2.95. The van der Waals surface area contributed by atoms with Gasteiger partial charge in [-0.1, -0.05) is 12.1 Å². The zero-order valence-electron chi connectivity index (χ0n) is 15.8. The van der Waals surface area contributed by atoms with Gasteiger partial charge in [-0.2, -0.15) is 0 Å².